The van der Waals surface area contributed by atoms with E-state index in [-0.39, 0.29) is 30.2 Å². The predicted molar refractivity (Wildman–Crippen MR) is 150 cm³/mol. The van der Waals surface area contributed by atoms with Crippen molar-refractivity contribution in [2.24, 2.45) is 22.4 Å². The van der Waals surface area contributed by atoms with Crippen LogP contribution in [0.2, 0.25) is 10.0 Å². The van der Waals surface area contributed by atoms with Crippen LogP contribution < -0.4 is 16.8 Å². The molecule has 1 aliphatic carbocycles. The number of carbonyl (C=O) groups is 2. The van der Waals surface area contributed by atoms with E-state index in [1.807, 2.05) is 29.2 Å². The number of piperidine rings is 1. The summed E-state index contributed by atoms with van der Waals surface area (Å²) in [5.74, 6) is 0.00533. The number of benzene rings is 2. The average Bonchev–Trinajstić information content (AvgIpc) is 2.91. The topological polar surface area (TPSA) is 114 Å². The van der Waals surface area contributed by atoms with Gasteiger partial charge >= 0.3 is 0 Å². The van der Waals surface area contributed by atoms with Crippen molar-refractivity contribution in [1.82, 2.24) is 10.2 Å². The minimum atomic E-state index is -0.634. The van der Waals surface area contributed by atoms with Gasteiger partial charge in [-0.1, -0.05) is 72.8 Å². The number of amides is 2. The molecule has 1 saturated heterocycles. The van der Waals surface area contributed by atoms with E-state index in [2.05, 4.69) is 22.4 Å². The summed E-state index contributed by atoms with van der Waals surface area (Å²) in [6.45, 7) is 1.24. The third kappa shape index (κ3) is 7.17. The maximum absolute atomic E-state index is 12.9. The fraction of sp³-hybridized carbons (Fsp3) is 0.464. The fourth-order valence-electron chi connectivity index (χ4n) is 5.51. The lowest BCUT2D eigenvalue weighted by molar-refractivity contribution is -0.134. The summed E-state index contributed by atoms with van der Waals surface area (Å²) in [6, 6.07) is 13.3. The van der Waals surface area contributed by atoms with Crippen LogP contribution in [-0.4, -0.2) is 48.3 Å². The molecule has 4 rings (SSSR count). The summed E-state index contributed by atoms with van der Waals surface area (Å²) in [4.78, 5) is 31.8. The van der Waals surface area contributed by atoms with E-state index in [1.54, 1.807) is 6.07 Å². The van der Waals surface area contributed by atoms with Crippen molar-refractivity contribution >= 4 is 41.0 Å². The van der Waals surface area contributed by atoms with Gasteiger partial charge in [0.2, 0.25) is 11.8 Å². The summed E-state index contributed by atoms with van der Waals surface area (Å²) in [6.07, 6.45) is 6.85. The van der Waals surface area contributed by atoms with Gasteiger partial charge in [0.05, 0.1) is 6.54 Å². The van der Waals surface area contributed by atoms with Gasteiger partial charge in [0.25, 0.3) is 0 Å². The van der Waals surface area contributed by atoms with Crippen molar-refractivity contribution in [1.29, 1.82) is 0 Å². The molecule has 2 aromatic carbocycles. The SMILES string of the molecule is NC(N)=N[C@@H](C(=O)NCC(=O)N1CCC(c2cccc(-c3ccc(Cl)cc3Cl)c2)CC1)C1CCCCC1. The van der Waals surface area contributed by atoms with Crippen LogP contribution in [0, 0.1) is 5.92 Å². The van der Waals surface area contributed by atoms with E-state index in [0.29, 0.717) is 29.1 Å². The number of carbonyl (C=O) groups excluding carboxylic acids is 2. The predicted octanol–water partition coefficient (Wildman–Crippen LogP) is 4.70. The molecule has 2 fully saturated rings. The number of nitrogens with two attached hydrogens (primary N) is 2. The first-order valence-corrected chi connectivity index (χ1v) is 13.8. The molecule has 9 heteroatoms. The van der Waals surface area contributed by atoms with Gasteiger partial charge in [-0.05, 0) is 60.8 Å². The maximum atomic E-state index is 12.9. The second-order valence-corrected chi connectivity index (χ2v) is 10.9. The van der Waals surface area contributed by atoms with Crippen LogP contribution in [0.1, 0.15) is 56.4 Å². The summed E-state index contributed by atoms with van der Waals surface area (Å²) < 4.78 is 0. The Hall–Kier alpha value is -2.77. The summed E-state index contributed by atoms with van der Waals surface area (Å²) in [5.41, 5.74) is 14.4. The van der Waals surface area contributed by atoms with Gasteiger partial charge in [-0.2, -0.15) is 0 Å². The van der Waals surface area contributed by atoms with Crippen LogP contribution in [0.5, 0.6) is 0 Å². The Morgan fingerprint density at radius 1 is 1.00 bits per heavy atom. The van der Waals surface area contributed by atoms with Crippen LogP contribution in [0.4, 0.5) is 0 Å². The number of guanidine groups is 1. The first kappa shape index (κ1) is 27.3. The van der Waals surface area contributed by atoms with E-state index in [1.165, 1.54) is 12.0 Å². The molecule has 2 aliphatic rings. The molecule has 0 bridgehead atoms. The van der Waals surface area contributed by atoms with Crippen LogP contribution in [0.3, 0.4) is 0 Å². The van der Waals surface area contributed by atoms with Crippen molar-refractivity contribution in [2.45, 2.75) is 56.9 Å². The molecule has 0 spiro atoms. The number of rotatable bonds is 7. The van der Waals surface area contributed by atoms with Crippen molar-refractivity contribution in [3.05, 3.63) is 58.1 Å². The first-order valence-electron chi connectivity index (χ1n) is 13.0. The molecule has 1 saturated carbocycles. The third-order valence-corrected chi connectivity index (χ3v) is 8.06. The van der Waals surface area contributed by atoms with Gasteiger partial charge in [0.15, 0.2) is 5.96 Å². The van der Waals surface area contributed by atoms with Crippen LogP contribution in [-0.2, 0) is 9.59 Å². The van der Waals surface area contributed by atoms with Crippen LogP contribution >= 0.6 is 23.2 Å². The lowest BCUT2D eigenvalue weighted by atomic mass is 9.83. The van der Waals surface area contributed by atoms with E-state index < -0.39 is 6.04 Å². The zero-order valence-corrected chi connectivity index (χ0v) is 22.5. The molecule has 5 N–H and O–H groups in total. The Labute approximate surface area is 228 Å². The molecule has 0 radical (unpaired) electrons. The number of halogens is 2. The second kappa shape index (κ2) is 12.7. The molecule has 2 amide bonds. The maximum Gasteiger partial charge on any atom is 0.245 e. The number of hydrogen-bond acceptors (Lipinski definition) is 3. The molecule has 7 nitrogen and oxygen atoms in total. The van der Waals surface area contributed by atoms with E-state index >= 15 is 0 Å². The Morgan fingerprint density at radius 2 is 1.73 bits per heavy atom. The number of likely N-dealkylation sites (tertiary alicyclic amines) is 1. The molecule has 1 atom stereocenters. The van der Waals surface area contributed by atoms with E-state index in [4.69, 9.17) is 34.7 Å². The van der Waals surface area contributed by atoms with Gasteiger partial charge in [-0.15, -0.1) is 0 Å². The van der Waals surface area contributed by atoms with Crippen molar-refractivity contribution < 1.29 is 9.59 Å². The van der Waals surface area contributed by atoms with Gasteiger partial charge in [0.1, 0.15) is 6.04 Å². The second-order valence-electron chi connectivity index (χ2n) is 10.0. The molecule has 1 aliphatic heterocycles. The average molecular weight is 545 g/mol. The van der Waals surface area contributed by atoms with Crippen molar-refractivity contribution in [2.75, 3.05) is 19.6 Å². The van der Waals surface area contributed by atoms with Crippen LogP contribution in [0.25, 0.3) is 11.1 Å². The normalized spacial score (nSPS) is 17.7. The molecular weight excluding hydrogens is 509 g/mol. The highest BCUT2D eigenvalue weighted by atomic mass is 35.5. The van der Waals surface area contributed by atoms with E-state index in [9.17, 15) is 9.59 Å². The monoisotopic (exact) mass is 543 g/mol. The quantitative estimate of drug-likeness (QED) is 0.346. The lowest BCUT2D eigenvalue weighted by Crippen LogP contribution is -2.47. The molecule has 2 aromatic rings. The summed E-state index contributed by atoms with van der Waals surface area (Å²) in [7, 11) is 0. The van der Waals surface area contributed by atoms with Gasteiger partial charge < -0.3 is 21.7 Å². The standard InChI is InChI=1S/C28H35Cl2N5O2/c29-22-9-10-23(24(30)16-22)21-8-4-7-20(15-21)18-11-13-35(14-12-18)25(36)17-33-27(37)26(34-28(31)32)19-5-2-1-3-6-19/h4,7-10,15-16,18-19,26H,1-3,5-6,11-14,17H2,(H,33,37)(H4,31,32,34)/t26-/m1/s1. The molecular formula is C28H35Cl2N5O2. The third-order valence-electron chi connectivity index (χ3n) is 7.51. The number of hydrogen-bond donors (Lipinski definition) is 3. The highest BCUT2D eigenvalue weighted by Gasteiger charge is 2.30. The first-order chi connectivity index (χ1) is 17.8. The van der Waals surface area contributed by atoms with Crippen LogP contribution in [0.15, 0.2) is 47.5 Å². The molecule has 0 aromatic heterocycles. The Morgan fingerprint density at radius 3 is 2.41 bits per heavy atom. The number of aliphatic imine (C=N–C) groups is 1. The van der Waals surface area contributed by atoms with E-state index in [0.717, 1.165) is 49.7 Å². The minimum absolute atomic E-state index is 0.0444. The molecule has 37 heavy (non-hydrogen) atoms. The number of nitrogens with one attached hydrogen (secondary N) is 1. The summed E-state index contributed by atoms with van der Waals surface area (Å²) in [5, 5.41) is 4.02. The zero-order valence-electron chi connectivity index (χ0n) is 21.0. The zero-order chi connectivity index (χ0) is 26.4. The highest BCUT2D eigenvalue weighted by Crippen LogP contribution is 2.34. The van der Waals surface area contributed by atoms with Gasteiger partial charge in [-0.25, -0.2) is 4.99 Å². The fourth-order valence-corrected chi connectivity index (χ4v) is 6.03. The lowest BCUT2D eigenvalue weighted by Gasteiger charge is -2.33. The smallest absolute Gasteiger partial charge is 0.245 e. The molecule has 1 heterocycles. The van der Waals surface area contributed by atoms with Gasteiger partial charge in [-0.3, -0.25) is 9.59 Å². The van der Waals surface area contributed by atoms with Crippen molar-refractivity contribution in [3.63, 3.8) is 0 Å². The number of nitrogens with zero attached hydrogens (tertiary/aromatic N) is 2. The Kier molecular flexibility index (Phi) is 9.33. The summed E-state index contributed by atoms with van der Waals surface area (Å²) >= 11 is 12.5. The largest absolute Gasteiger partial charge is 0.370 e. The minimum Gasteiger partial charge on any atom is -0.370 e. The van der Waals surface area contributed by atoms with Gasteiger partial charge in [0, 0.05) is 28.7 Å². The Bertz CT molecular complexity index is 1140. The molecule has 0 unspecified atom stereocenters. The highest BCUT2D eigenvalue weighted by molar-refractivity contribution is 6.36. The molecule has 198 valence electrons. The van der Waals surface area contributed by atoms with Crippen molar-refractivity contribution in [3.8, 4) is 11.1 Å². The Balaban J connectivity index is 1.31.